The molecule has 0 aliphatic rings. The third kappa shape index (κ3) is 4.03. The van der Waals surface area contributed by atoms with Crippen LogP contribution in [0.15, 0.2) is 20.1 Å². The number of aliphatic hydroxyl groups excluding tert-OH is 1. The first-order valence-electron chi connectivity index (χ1n) is 5.73. The fraction of sp³-hybridized carbons (Fsp3) is 0.636. The molecule has 18 heavy (non-hydrogen) atoms. The molecule has 1 unspecified atom stereocenters. The molecule has 0 bridgehead atoms. The van der Waals surface area contributed by atoms with E-state index >= 15 is 0 Å². The molecule has 7 heteroatoms. The summed E-state index contributed by atoms with van der Waals surface area (Å²) < 4.78 is 27.9. The van der Waals surface area contributed by atoms with Gasteiger partial charge in [0.25, 0.3) is 0 Å². The fourth-order valence-corrected chi connectivity index (χ4v) is 5.07. The molecule has 104 valence electrons. The molecule has 4 nitrogen and oxygen atoms in total. The molecule has 0 fully saturated rings. The summed E-state index contributed by atoms with van der Waals surface area (Å²) in [6.07, 6.45) is 0.0739. The predicted molar refractivity (Wildman–Crippen MR) is 77.3 cm³/mol. The minimum Gasteiger partial charge on any atom is -0.392 e. The number of nitrogens with one attached hydrogen (secondary N) is 1. The van der Waals surface area contributed by atoms with Crippen molar-refractivity contribution < 1.29 is 13.5 Å². The van der Waals surface area contributed by atoms with Gasteiger partial charge in [0.1, 0.15) is 4.21 Å². The summed E-state index contributed by atoms with van der Waals surface area (Å²) in [5, 5.41) is 9.70. The van der Waals surface area contributed by atoms with Crippen molar-refractivity contribution in [1.29, 1.82) is 0 Å². The molecule has 0 aliphatic heterocycles. The third-order valence-corrected chi connectivity index (χ3v) is 6.46. The number of hydrogen-bond donors (Lipinski definition) is 2. The van der Waals surface area contributed by atoms with Crippen LogP contribution in [0.2, 0.25) is 0 Å². The van der Waals surface area contributed by atoms with E-state index in [1.807, 2.05) is 13.8 Å². The maximum absolute atomic E-state index is 12.1. The van der Waals surface area contributed by atoms with Crippen molar-refractivity contribution in [3.8, 4) is 0 Å². The number of rotatable bonds is 6. The van der Waals surface area contributed by atoms with Gasteiger partial charge in [0.15, 0.2) is 0 Å². The highest BCUT2D eigenvalue weighted by Gasteiger charge is 2.28. The van der Waals surface area contributed by atoms with E-state index < -0.39 is 22.2 Å². The second-order valence-electron chi connectivity index (χ2n) is 4.33. The minimum absolute atomic E-state index is 0.0724. The lowest BCUT2D eigenvalue weighted by Crippen LogP contribution is -2.45. The van der Waals surface area contributed by atoms with Crippen LogP contribution in [0.25, 0.3) is 0 Å². The Morgan fingerprint density at radius 1 is 1.44 bits per heavy atom. The molecule has 3 atom stereocenters. The van der Waals surface area contributed by atoms with E-state index in [9.17, 15) is 13.5 Å². The number of thiophene rings is 1. The van der Waals surface area contributed by atoms with Crippen LogP contribution in [0.1, 0.15) is 27.2 Å². The van der Waals surface area contributed by atoms with Crippen molar-refractivity contribution in [2.24, 2.45) is 5.92 Å². The minimum atomic E-state index is -3.56. The van der Waals surface area contributed by atoms with Gasteiger partial charge < -0.3 is 5.11 Å². The molecule has 0 aliphatic carbocycles. The molecule has 0 radical (unpaired) electrons. The summed E-state index contributed by atoms with van der Waals surface area (Å²) in [5.74, 6) is 0.0724. The van der Waals surface area contributed by atoms with Crippen LogP contribution in [-0.2, 0) is 10.0 Å². The van der Waals surface area contributed by atoms with Crippen LogP contribution in [-0.4, -0.2) is 25.7 Å². The van der Waals surface area contributed by atoms with Crippen molar-refractivity contribution in [3.63, 3.8) is 0 Å². The predicted octanol–water partition coefficient (Wildman–Crippen LogP) is 2.58. The summed E-state index contributed by atoms with van der Waals surface area (Å²) in [6, 6.07) is 2.77. The van der Waals surface area contributed by atoms with E-state index in [4.69, 9.17) is 0 Å². The van der Waals surface area contributed by atoms with Gasteiger partial charge in [-0.15, -0.1) is 11.3 Å². The standard InChI is InChI=1S/C11H18BrNO3S2/c1-4-7(2)11(8(3)14)13-18(15,16)10-6-5-9(12)17-10/h5-8,11,13-14H,4H2,1-3H3/t7-,8?,11-/m0/s1. The van der Waals surface area contributed by atoms with Gasteiger partial charge in [-0.3, -0.25) is 0 Å². The lowest BCUT2D eigenvalue weighted by Gasteiger charge is -2.26. The zero-order valence-corrected chi connectivity index (χ0v) is 13.8. The lowest BCUT2D eigenvalue weighted by atomic mass is 9.96. The van der Waals surface area contributed by atoms with Gasteiger partial charge in [0.05, 0.1) is 15.9 Å². The number of aliphatic hydroxyl groups is 1. The van der Waals surface area contributed by atoms with Gasteiger partial charge >= 0.3 is 0 Å². The van der Waals surface area contributed by atoms with Crippen molar-refractivity contribution >= 4 is 37.3 Å². The molecule has 1 aromatic rings. The van der Waals surface area contributed by atoms with E-state index in [-0.39, 0.29) is 10.1 Å². The Labute approximate surface area is 121 Å². The van der Waals surface area contributed by atoms with Crippen LogP contribution in [0.5, 0.6) is 0 Å². The molecular weight excluding hydrogens is 338 g/mol. The zero-order valence-electron chi connectivity index (χ0n) is 10.6. The Kier molecular flexibility index (Phi) is 5.79. The van der Waals surface area contributed by atoms with E-state index in [2.05, 4.69) is 20.7 Å². The fourth-order valence-electron chi connectivity index (χ4n) is 1.62. The van der Waals surface area contributed by atoms with E-state index in [1.165, 1.54) is 0 Å². The largest absolute Gasteiger partial charge is 0.392 e. The van der Waals surface area contributed by atoms with Gasteiger partial charge in [-0.1, -0.05) is 20.3 Å². The van der Waals surface area contributed by atoms with Gasteiger partial charge in [-0.25, -0.2) is 13.1 Å². The first-order valence-corrected chi connectivity index (χ1v) is 8.83. The summed E-state index contributed by atoms with van der Waals surface area (Å²) >= 11 is 4.39. The van der Waals surface area contributed by atoms with Crippen molar-refractivity contribution in [2.45, 2.75) is 43.5 Å². The van der Waals surface area contributed by atoms with Crippen molar-refractivity contribution in [3.05, 3.63) is 15.9 Å². The Bertz CT molecular complexity index is 484. The smallest absolute Gasteiger partial charge is 0.250 e. The summed E-state index contributed by atoms with van der Waals surface area (Å²) in [4.78, 5) is 0. The lowest BCUT2D eigenvalue weighted by molar-refractivity contribution is 0.128. The Morgan fingerprint density at radius 3 is 2.44 bits per heavy atom. The Morgan fingerprint density at radius 2 is 2.06 bits per heavy atom. The molecule has 0 spiro atoms. The summed E-state index contributed by atoms with van der Waals surface area (Å²) in [6.45, 7) is 5.49. The van der Waals surface area contributed by atoms with Gasteiger partial charge in [0.2, 0.25) is 10.0 Å². The quantitative estimate of drug-likeness (QED) is 0.823. The van der Waals surface area contributed by atoms with E-state index in [0.29, 0.717) is 0 Å². The Hall–Kier alpha value is 0.0500. The normalized spacial score (nSPS) is 17.4. The molecule has 0 amide bonds. The number of hydrogen-bond acceptors (Lipinski definition) is 4. The highest BCUT2D eigenvalue weighted by atomic mass is 79.9. The molecule has 0 saturated heterocycles. The van der Waals surface area contributed by atoms with Gasteiger partial charge in [0, 0.05) is 0 Å². The average molecular weight is 356 g/mol. The van der Waals surface area contributed by atoms with Crippen LogP contribution < -0.4 is 4.72 Å². The number of halogens is 1. The molecule has 1 aromatic heterocycles. The molecule has 2 N–H and O–H groups in total. The second kappa shape index (κ2) is 6.47. The van der Waals surface area contributed by atoms with Gasteiger partial charge in [-0.2, -0.15) is 0 Å². The highest BCUT2D eigenvalue weighted by molar-refractivity contribution is 9.11. The SMILES string of the molecule is CC[C@H](C)[C@H](NS(=O)(=O)c1ccc(Br)s1)C(C)O. The van der Waals surface area contributed by atoms with Crippen LogP contribution >= 0.6 is 27.3 Å². The second-order valence-corrected chi connectivity index (χ2v) is 8.74. The summed E-state index contributed by atoms with van der Waals surface area (Å²) in [5.41, 5.74) is 0. The topological polar surface area (TPSA) is 66.4 Å². The molecule has 1 rings (SSSR count). The molecule has 0 saturated carbocycles. The molecular formula is C11H18BrNO3S2. The van der Waals surface area contributed by atoms with Crippen LogP contribution in [0.4, 0.5) is 0 Å². The number of sulfonamides is 1. The van der Waals surface area contributed by atoms with Crippen LogP contribution in [0, 0.1) is 5.92 Å². The van der Waals surface area contributed by atoms with Crippen molar-refractivity contribution in [1.82, 2.24) is 4.72 Å². The maximum atomic E-state index is 12.1. The zero-order chi connectivity index (χ0) is 13.9. The van der Waals surface area contributed by atoms with Gasteiger partial charge in [-0.05, 0) is 40.9 Å². The third-order valence-electron chi connectivity index (χ3n) is 2.88. The molecule has 0 aromatic carbocycles. The van der Waals surface area contributed by atoms with Crippen molar-refractivity contribution in [2.75, 3.05) is 0 Å². The van der Waals surface area contributed by atoms with E-state index in [1.54, 1.807) is 19.1 Å². The van der Waals surface area contributed by atoms with Crippen LogP contribution in [0.3, 0.4) is 0 Å². The maximum Gasteiger partial charge on any atom is 0.250 e. The highest BCUT2D eigenvalue weighted by Crippen LogP contribution is 2.26. The van der Waals surface area contributed by atoms with E-state index in [0.717, 1.165) is 21.5 Å². The summed E-state index contributed by atoms with van der Waals surface area (Å²) in [7, 11) is -3.56. The monoisotopic (exact) mass is 355 g/mol. The Balaban J connectivity index is 2.93. The average Bonchev–Trinajstić information content (AvgIpc) is 2.72. The molecule has 1 heterocycles. The first-order chi connectivity index (χ1) is 8.27. The first kappa shape index (κ1) is 16.1.